The maximum atomic E-state index is 6.36. The van der Waals surface area contributed by atoms with Crippen LogP contribution in [0.25, 0.3) is 0 Å². The fourth-order valence-electron chi connectivity index (χ4n) is 3.14. The molecular weight excluding hydrogens is 395 g/mol. The maximum absolute atomic E-state index is 6.36. The molecule has 1 aromatic carbocycles. The Labute approximate surface area is 147 Å². The van der Waals surface area contributed by atoms with E-state index in [0.717, 1.165) is 15.4 Å². The van der Waals surface area contributed by atoms with Crippen LogP contribution in [-0.4, -0.2) is 10.0 Å². The van der Waals surface area contributed by atoms with Crippen molar-refractivity contribution in [1.82, 2.24) is 0 Å². The van der Waals surface area contributed by atoms with E-state index in [9.17, 15) is 0 Å². The summed E-state index contributed by atoms with van der Waals surface area (Å²) in [5, 5.41) is 0.785. The highest BCUT2D eigenvalue weighted by Gasteiger charge is 2.38. The molecule has 1 saturated carbocycles. The SMILES string of the molecule is CC(C)(C)C1CCC(CI)(OCc2ccc(Cl)cc2)CC1. The van der Waals surface area contributed by atoms with Crippen LogP contribution < -0.4 is 0 Å². The molecular formula is C18H26ClIO. The van der Waals surface area contributed by atoms with Gasteiger partial charge in [-0.2, -0.15) is 0 Å². The Morgan fingerprint density at radius 2 is 1.76 bits per heavy atom. The Balaban J connectivity index is 1.92. The number of halogens is 2. The maximum Gasteiger partial charge on any atom is 0.0776 e. The van der Waals surface area contributed by atoms with E-state index in [1.54, 1.807) is 0 Å². The lowest BCUT2D eigenvalue weighted by molar-refractivity contribution is -0.0772. The number of alkyl halides is 1. The topological polar surface area (TPSA) is 9.23 Å². The van der Waals surface area contributed by atoms with Crippen LogP contribution in [0.2, 0.25) is 5.02 Å². The Hall–Kier alpha value is 0.200. The third kappa shape index (κ3) is 4.84. The van der Waals surface area contributed by atoms with Gasteiger partial charge in [-0.1, -0.05) is 67.1 Å². The number of benzene rings is 1. The van der Waals surface area contributed by atoms with E-state index in [4.69, 9.17) is 16.3 Å². The van der Waals surface area contributed by atoms with Crippen molar-refractivity contribution in [2.24, 2.45) is 11.3 Å². The molecule has 0 spiro atoms. The van der Waals surface area contributed by atoms with E-state index in [0.29, 0.717) is 12.0 Å². The molecule has 0 bridgehead atoms. The molecule has 0 unspecified atom stereocenters. The van der Waals surface area contributed by atoms with Gasteiger partial charge in [0.2, 0.25) is 0 Å². The van der Waals surface area contributed by atoms with Gasteiger partial charge in [-0.05, 0) is 54.7 Å². The van der Waals surface area contributed by atoms with Gasteiger partial charge in [0.05, 0.1) is 12.2 Å². The molecule has 1 aliphatic rings. The van der Waals surface area contributed by atoms with E-state index in [1.807, 2.05) is 12.1 Å². The summed E-state index contributed by atoms with van der Waals surface area (Å²) in [7, 11) is 0. The van der Waals surface area contributed by atoms with Gasteiger partial charge in [0.25, 0.3) is 0 Å². The predicted octanol–water partition coefficient (Wildman–Crippen LogP) is 6.27. The van der Waals surface area contributed by atoms with Gasteiger partial charge in [-0.15, -0.1) is 0 Å². The monoisotopic (exact) mass is 420 g/mol. The number of hydrogen-bond acceptors (Lipinski definition) is 1. The molecule has 0 atom stereocenters. The van der Waals surface area contributed by atoms with Gasteiger partial charge >= 0.3 is 0 Å². The molecule has 1 aliphatic carbocycles. The van der Waals surface area contributed by atoms with Gasteiger partial charge in [-0.25, -0.2) is 0 Å². The molecule has 0 radical (unpaired) electrons. The van der Waals surface area contributed by atoms with Crippen LogP contribution in [0.3, 0.4) is 0 Å². The first-order valence-electron chi connectivity index (χ1n) is 7.79. The summed E-state index contributed by atoms with van der Waals surface area (Å²) in [6, 6.07) is 8.00. The highest BCUT2D eigenvalue weighted by molar-refractivity contribution is 14.1. The number of ether oxygens (including phenoxy) is 1. The van der Waals surface area contributed by atoms with Crippen molar-refractivity contribution in [3.8, 4) is 0 Å². The summed E-state index contributed by atoms with van der Waals surface area (Å²) in [6.45, 7) is 7.79. The summed E-state index contributed by atoms with van der Waals surface area (Å²) < 4.78 is 7.43. The molecule has 0 aliphatic heterocycles. The summed E-state index contributed by atoms with van der Waals surface area (Å²) in [6.07, 6.45) is 4.94. The molecule has 1 fully saturated rings. The first-order chi connectivity index (χ1) is 9.85. The fourth-order valence-corrected chi connectivity index (χ4v) is 4.25. The highest BCUT2D eigenvalue weighted by atomic mass is 127. The molecule has 21 heavy (non-hydrogen) atoms. The molecule has 0 N–H and O–H groups in total. The smallest absolute Gasteiger partial charge is 0.0776 e. The summed E-state index contributed by atoms with van der Waals surface area (Å²) in [5.41, 5.74) is 1.71. The standard InChI is InChI=1S/C18H26ClIO/c1-17(2,3)15-8-10-18(13-20,11-9-15)21-12-14-4-6-16(19)7-5-14/h4-7,15H,8-13H2,1-3H3. The van der Waals surface area contributed by atoms with Crippen molar-refractivity contribution in [1.29, 1.82) is 0 Å². The Morgan fingerprint density at radius 3 is 2.24 bits per heavy atom. The second kappa shape index (κ2) is 7.18. The van der Waals surface area contributed by atoms with Crippen molar-refractivity contribution in [3.63, 3.8) is 0 Å². The lowest BCUT2D eigenvalue weighted by atomic mass is 9.69. The van der Waals surface area contributed by atoms with Gasteiger partial charge in [0, 0.05) is 9.45 Å². The van der Waals surface area contributed by atoms with E-state index in [1.165, 1.54) is 31.2 Å². The molecule has 3 heteroatoms. The molecule has 2 rings (SSSR count). The van der Waals surface area contributed by atoms with Crippen LogP contribution >= 0.6 is 34.2 Å². The first kappa shape index (κ1) is 17.6. The van der Waals surface area contributed by atoms with Crippen LogP contribution in [0.4, 0.5) is 0 Å². The van der Waals surface area contributed by atoms with E-state index < -0.39 is 0 Å². The third-order valence-corrected chi connectivity index (χ3v) is 6.47. The second-order valence-electron chi connectivity index (χ2n) is 7.37. The van der Waals surface area contributed by atoms with Gasteiger partial charge in [0.1, 0.15) is 0 Å². The Morgan fingerprint density at radius 1 is 1.19 bits per heavy atom. The Bertz CT molecular complexity index is 441. The van der Waals surface area contributed by atoms with Crippen LogP contribution in [0, 0.1) is 11.3 Å². The zero-order chi connectivity index (χ0) is 15.5. The van der Waals surface area contributed by atoms with Crippen LogP contribution in [0.15, 0.2) is 24.3 Å². The van der Waals surface area contributed by atoms with Crippen molar-refractivity contribution in [3.05, 3.63) is 34.9 Å². The molecule has 0 aromatic heterocycles. The van der Waals surface area contributed by atoms with Crippen LogP contribution in [0.5, 0.6) is 0 Å². The normalized spacial score (nSPS) is 26.8. The molecule has 0 saturated heterocycles. The van der Waals surface area contributed by atoms with Crippen molar-refractivity contribution in [2.75, 3.05) is 4.43 Å². The summed E-state index contributed by atoms with van der Waals surface area (Å²) in [4.78, 5) is 0. The minimum absolute atomic E-state index is 0.0714. The third-order valence-electron chi connectivity index (χ3n) is 4.82. The largest absolute Gasteiger partial charge is 0.370 e. The van der Waals surface area contributed by atoms with Crippen molar-refractivity contribution >= 4 is 34.2 Å². The zero-order valence-corrected chi connectivity index (χ0v) is 16.2. The van der Waals surface area contributed by atoms with Gasteiger partial charge in [0.15, 0.2) is 0 Å². The van der Waals surface area contributed by atoms with E-state index in [-0.39, 0.29) is 5.60 Å². The number of hydrogen-bond donors (Lipinski definition) is 0. The van der Waals surface area contributed by atoms with E-state index >= 15 is 0 Å². The minimum atomic E-state index is 0.0714. The van der Waals surface area contributed by atoms with E-state index in [2.05, 4.69) is 55.5 Å². The molecule has 1 aromatic rings. The average molecular weight is 421 g/mol. The summed E-state index contributed by atoms with van der Waals surface area (Å²) >= 11 is 8.42. The summed E-state index contributed by atoms with van der Waals surface area (Å²) in [5.74, 6) is 0.827. The van der Waals surface area contributed by atoms with Gasteiger partial charge < -0.3 is 4.74 Å². The quantitative estimate of drug-likeness (QED) is 0.412. The molecule has 1 nitrogen and oxygen atoms in total. The van der Waals surface area contributed by atoms with Crippen molar-refractivity contribution in [2.45, 2.75) is 58.7 Å². The molecule has 118 valence electrons. The first-order valence-corrected chi connectivity index (χ1v) is 9.69. The van der Waals surface area contributed by atoms with Crippen LogP contribution in [0.1, 0.15) is 52.0 Å². The number of rotatable bonds is 4. The average Bonchev–Trinajstić information content (AvgIpc) is 2.46. The Kier molecular flexibility index (Phi) is 6.00. The highest BCUT2D eigenvalue weighted by Crippen LogP contribution is 2.43. The molecule has 0 amide bonds. The lowest BCUT2D eigenvalue weighted by Crippen LogP contribution is -2.41. The molecule has 0 heterocycles. The zero-order valence-electron chi connectivity index (χ0n) is 13.3. The lowest BCUT2D eigenvalue weighted by Gasteiger charge is -2.43. The van der Waals surface area contributed by atoms with Crippen LogP contribution in [-0.2, 0) is 11.3 Å². The second-order valence-corrected chi connectivity index (χ2v) is 8.57. The van der Waals surface area contributed by atoms with Gasteiger partial charge in [-0.3, -0.25) is 0 Å². The minimum Gasteiger partial charge on any atom is -0.370 e. The predicted molar refractivity (Wildman–Crippen MR) is 99.3 cm³/mol. The van der Waals surface area contributed by atoms with Crippen molar-refractivity contribution < 1.29 is 4.74 Å². The fraction of sp³-hybridized carbons (Fsp3) is 0.667.